The zero-order chi connectivity index (χ0) is 21.1. The van der Waals surface area contributed by atoms with E-state index in [1.807, 2.05) is 50.1 Å². The van der Waals surface area contributed by atoms with Crippen LogP contribution in [0.3, 0.4) is 0 Å². The maximum atomic E-state index is 13.1. The molecule has 0 saturated heterocycles. The number of nitrogens with zero attached hydrogens (tertiary/aromatic N) is 4. The fourth-order valence-electron chi connectivity index (χ4n) is 2.83. The van der Waals surface area contributed by atoms with Crippen LogP contribution in [0, 0.1) is 0 Å². The number of anilines is 1. The molecule has 7 heteroatoms. The van der Waals surface area contributed by atoms with Crippen molar-refractivity contribution in [2.75, 3.05) is 4.90 Å². The quantitative estimate of drug-likeness (QED) is 0.403. The number of hydrogen-bond acceptors (Lipinski definition) is 4. The maximum Gasteiger partial charge on any atom is 0.213 e. The first-order chi connectivity index (χ1) is 13.8. The van der Waals surface area contributed by atoms with Gasteiger partial charge >= 0.3 is 0 Å². The molecule has 5 nitrogen and oxygen atoms in total. The number of rotatable bonds is 6. The van der Waals surface area contributed by atoms with Crippen LogP contribution < -0.4 is 4.90 Å². The van der Waals surface area contributed by atoms with Gasteiger partial charge in [-0.3, -0.25) is 4.79 Å². The predicted octanol–water partition coefficient (Wildman–Crippen LogP) is 6.18. The van der Waals surface area contributed by atoms with Crippen LogP contribution in [0.5, 0.6) is 0 Å². The predicted molar refractivity (Wildman–Crippen MR) is 121 cm³/mol. The Balaban J connectivity index is 2.16. The molecule has 0 fully saturated rings. The monoisotopic (exact) mass is 470 g/mol. The van der Waals surface area contributed by atoms with Crippen molar-refractivity contribution in [2.24, 2.45) is 0 Å². The van der Waals surface area contributed by atoms with Gasteiger partial charge in [0.05, 0.1) is 17.6 Å². The second-order valence-corrected chi connectivity index (χ2v) is 8.16. The van der Waals surface area contributed by atoms with Gasteiger partial charge in [0, 0.05) is 27.0 Å². The zero-order valence-corrected chi connectivity index (χ0v) is 18.7. The summed E-state index contributed by atoms with van der Waals surface area (Å²) in [4.78, 5) is 15.1. The van der Waals surface area contributed by atoms with Crippen molar-refractivity contribution in [3.63, 3.8) is 0 Å². The lowest BCUT2D eigenvalue weighted by molar-refractivity contribution is 0.103. The standard InChI is InChI=1S/C22H20BrClN4O/c1-14(2)13-27(15(3)4)19-10-7-17(23)11-20(19)28-21(12-25-26-28)22(29)16-5-8-18(24)9-6-16/h5-13H,3H2,1-2,4H3. The number of aromatic nitrogens is 3. The smallest absolute Gasteiger partial charge is 0.213 e. The second-order valence-electron chi connectivity index (χ2n) is 6.81. The number of benzene rings is 2. The molecule has 0 saturated carbocycles. The van der Waals surface area contributed by atoms with E-state index in [2.05, 4.69) is 32.8 Å². The van der Waals surface area contributed by atoms with Gasteiger partial charge < -0.3 is 4.90 Å². The van der Waals surface area contributed by atoms with Crippen molar-refractivity contribution in [3.05, 3.63) is 93.5 Å². The number of ketones is 1. The SMILES string of the molecule is C=C(C)N(C=C(C)C)c1ccc(Br)cc1-n1nncc1C(=O)c1ccc(Cl)cc1. The molecule has 0 unspecified atom stereocenters. The van der Waals surface area contributed by atoms with E-state index >= 15 is 0 Å². The molecule has 0 radical (unpaired) electrons. The molecular weight excluding hydrogens is 452 g/mol. The normalized spacial score (nSPS) is 10.5. The molecule has 0 aliphatic carbocycles. The minimum atomic E-state index is -0.193. The molecule has 1 heterocycles. The average molecular weight is 472 g/mol. The van der Waals surface area contributed by atoms with Gasteiger partial charge in [0.2, 0.25) is 5.78 Å². The molecule has 0 amide bonds. The topological polar surface area (TPSA) is 51.0 Å². The fourth-order valence-corrected chi connectivity index (χ4v) is 3.31. The summed E-state index contributed by atoms with van der Waals surface area (Å²) >= 11 is 9.46. The van der Waals surface area contributed by atoms with Crippen LogP contribution in [0.4, 0.5) is 5.69 Å². The van der Waals surface area contributed by atoms with Crippen molar-refractivity contribution in [1.82, 2.24) is 15.0 Å². The second kappa shape index (κ2) is 8.76. The molecule has 2 aromatic carbocycles. The van der Waals surface area contributed by atoms with E-state index in [0.717, 1.165) is 21.4 Å². The number of allylic oxidation sites excluding steroid dienone is 2. The van der Waals surface area contributed by atoms with Crippen LogP contribution in [0.15, 0.2) is 77.2 Å². The lowest BCUT2D eigenvalue weighted by atomic mass is 10.1. The summed E-state index contributed by atoms with van der Waals surface area (Å²) in [6.07, 6.45) is 3.46. The first-order valence-corrected chi connectivity index (χ1v) is 10.1. The van der Waals surface area contributed by atoms with Gasteiger partial charge in [0.15, 0.2) is 0 Å². The molecule has 0 bridgehead atoms. The molecule has 29 heavy (non-hydrogen) atoms. The Morgan fingerprint density at radius 1 is 1.17 bits per heavy atom. The summed E-state index contributed by atoms with van der Waals surface area (Å²) in [6.45, 7) is 10.0. The summed E-state index contributed by atoms with van der Waals surface area (Å²) in [6, 6.07) is 12.5. The maximum absolute atomic E-state index is 13.1. The number of carbonyl (C=O) groups excluding carboxylic acids is 1. The lowest BCUT2D eigenvalue weighted by Gasteiger charge is -2.24. The Morgan fingerprint density at radius 3 is 2.48 bits per heavy atom. The summed E-state index contributed by atoms with van der Waals surface area (Å²) < 4.78 is 2.40. The summed E-state index contributed by atoms with van der Waals surface area (Å²) in [7, 11) is 0. The van der Waals surface area contributed by atoms with E-state index in [1.54, 1.807) is 28.9 Å². The van der Waals surface area contributed by atoms with Crippen LogP contribution in [-0.4, -0.2) is 20.8 Å². The number of halogens is 2. The molecule has 0 spiro atoms. The molecular formula is C22H20BrClN4O. The third-order valence-electron chi connectivity index (χ3n) is 4.11. The first-order valence-electron chi connectivity index (χ1n) is 8.88. The third-order valence-corrected chi connectivity index (χ3v) is 4.86. The minimum absolute atomic E-state index is 0.193. The van der Waals surface area contributed by atoms with Crippen LogP contribution in [-0.2, 0) is 0 Å². The Labute approximate surface area is 183 Å². The van der Waals surface area contributed by atoms with Gasteiger partial charge in [-0.25, -0.2) is 4.68 Å². The molecule has 148 valence electrons. The van der Waals surface area contributed by atoms with Gasteiger partial charge in [-0.05, 0) is 63.2 Å². The van der Waals surface area contributed by atoms with E-state index in [4.69, 9.17) is 11.6 Å². The first kappa shape index (κ1) is 21.0. The van der Waals surface area contributed by atoms with E-state index in [-0.39, 0.29) is 5.78 Å². The van der Waals surface area contributed by atoms with Crippen molar-refractivity contribution in [2.45, 2.75) is 20.8 Å². The van der Waals surface area contributed by atoms with Crippen molar-refractivity contribution in [3.8, 4) is 5.69 Å². The molecule has 0 aliphatic rings. The van der Waals surface area contributed by atoms with E-state index in [9.17, 15) is 4.79 Å². The Morgan fingerprint density at radius 2 is 1.86 bits per heavy atom. The third kappa shape index (κ3) is 4.66. The summed E-state index contributed by atoms with van der Waals surface area (Å²) in [5, 5.41) is 8.76. The highest BCUT2D eigenvalue weighted by Crippen LogP contribution is 2.31. The van der Waals surface area contributed by atoms with Crippen LogP contribution in [0.2, 0.25) is 5.02 Å². The minimum Gasteiger partial charge on any atom is -0.320 e. The largest absolute Gasteiger partial charge is 0.320 e. The van der Waals surface area contributed by atoms with Crippen molar-refractivity contribution < 1.29 is 4.79 Å². The van der Waals surface area contributed by atoms with E-state index in [1.165, 1.54) is 6.20 Å². The Kier molecular flexibility index (Phi) is 6.35. The van der Waals surface area contributed by atoms with Gasteiger partial charge in [0.1, 0.15) is 5.69 Å². The van der Waals surface area contributed by atoms with Crippen molar-refractivity contribution in [1.29, 1.82) is 0 Å². The summed E-state index contributed by atoms with van der Waals surface area (Å²) in [5.41, 5.74) is 4.34. The Bertz CT molecular complexity index is 1100. The molecule has 3 rings (SSSR count). The number of carbonyl (C=O) groups is 1. The van der Waals surface area contributed by atoms with Gasteiger partial charge in [-0.2, -0.15) is 0 Å². The highest BCUT2D eigenvalue weighted by molar-refractivity contribution is 9.10. The van der Waals surface area contributed by atoms with Crippen LogP contribution >= 0.6 is 27.5 Å². The highest BCUT2D eigenvalue weighted by atomic mass is 79.9. The molecule has 0 atom stereocenters. The fraction of sp³-hybridized carbons (Fsp3) is 0.136. The summed E-state index contributed by atoms with van der Waals surface area (Å²) in [5.74, 6) is -0.193. The lowest BCUT2D eigenvalue weighted by Crippen LogP contribution is -2.18. The van der Waals surface area contributed by atoms with E-state index < -0.39 is 0 Å². The highest BCUT2D eigenvalue weighted by Gasteiger charge is 2.21. The van der Waals surface area contributed by atoms with Gasteiger partial charge in [0.25, 0.3) is 0 Å². The van der Waals surface area contributed by atoms with Gasteiger partial charge in [-0.15, -0.1) is 5.10 Å². The molecule has 1 aromatic heterocycles. The van der Waals surface area contributed by atoms with Crippen LogP contribution in [0.25, 0.3) is 5.69 Å². The Hall–Kier alpha value is -2.70. The molecule has 0 N–H and O–H groups in total. The van der Waals surface area contributed by atoms with E-state index in [0.29, 0.717) is 22.0 Å². The van der Waals surface area contributed by atoms with Crippen LogP contribution in [0.1, 0.15) is 36.8 Å². The van der Waals surface area contributed by atoms with Crippen molar-refractivity contribution >= 4 is 39.0 Å². The van der Waals surface area contributed by atoms with Gasteiger partial charge in [-0.1, -0.05) is 44.9 Å². The number of hydrogen-bond donors (Lipinski definition) is 0. The molecule has 3 aromatic rings. The average Bonchev–Trinajstić information content (AvgIpc) is 3.15. The molecule has 0 aliphatic heterocycles. The zero-order valence-electron chi connectivity index (χ0n) is 16.4.